The average molecular weight is 201 g/mol. The number of rotatable bonds is 3. The summed E-state index contributed by atoms with van der Waals surface area (Å²) in [6.45, 7) is 6.70. The van der Waals surface area contributed by atoms with E-state index in [9.17, 15) is 0 Å². The zero-order valence-electron chi connectivity index (χ0n) is 8.10. The first-order chi connectivity index (χ1) is 5.58. The maximum atomic E-state index is 6.69. The lowest BCUT2D eigenvalue weighted by atomic mass is 10.2. The summed E-state index contributed by atoms with van der Waals surface area (Å²) in [4.78, 5) is 0. The smallest absolute Gasteiger partial charge is 0.166 e. The molecule has 1 rings (SSSR count). The molecule has 0 fully saturated rings. The number of halogens is 1. The summed E-state index contributed by atoms with van der Waals surface area (Å²) in [6, 6.07) is 2.30. The molecule has 1 aliphatic carbocycles. The maximum absolute atomic E-state index is 6.69. The van der Waals surface area contributed by atoms with Crippen molar-refractivity contribution in [2.75, 3.05) is 0 Å². The molecule has 0 unspecified atom stereocenters. The lowest BCUT2D eigenvalue weighted by Gasteiger charge is -2.36. The molecule has 0 amide bonds. The Bertz CT molecular complexity index is 202. The van der Waals surface area contributed by atoms with Crippen molar-refractivity contribution in [2.24, 2.45) is 0 Å². The van der Waals surface area contributed by atoms with Crippen LogP contribution in [0, 0.1) is 0 Å². The van der Waals surface area contributed by atoms with Gasteiger partial charge in [0, 0.05) is 5.04 Å². The second kappa shape index (κ2) is 3.39. The summed E-state index contributed by atoms with van der Waals surface area (Å²) in [7, 11) is -1.59. The Morgan fingerprint density at radius 1 is 1.17 bits per heavy atom. The molecule has 0 heterocycles. The Labute approximate surface area is 81.0 Å². The summed E-state index contributed by atoms with van der Waals surface area (Å²) >= 11 is 6.69. The van der Waals surface area contributed by atoms with E-state index in [1.54, 1.807) is 0 Å². The lowest BCUT2D eigenvalue weighted by Crippen LogP contribution is -2.37. The fraction of sp³-hybridized carbons (Fsp3) is 0.600. The molecule has 68 valence electrons. The second-order valence-electron chi connectivity index (χ2n) is 3.67. The molecule has 0 aromatic heterocycles. The topological polar surface area (TPSA) is 0 Å². The lowest BCUT2D eigenvalue weighted by molar-refractivity contribution is 0.911. The van der Waals surface area contributed by atoms with Gasteiger partial charge in [0.1, 0.15) is 0 Å². The molecule has 1 aliphatic rings. The maximum Gasteiger partial charge on any atom is 0.169 e. The van der Waals surface area contributed by atoms with E-state index in [-0.39, 0.29) is 5.04 Å². The van der Waals surface area contributed by atoms with Crippen LogP contribution in [0.5, 0.6) is 0 Å². The SMILES string of the molecule is CC[Si](Cl)(CC)C1(C)C=CC=C1. The van der Waals surface area contributed by atoms with Crippen LogP contribution in [0.15, 0.2) is 24.3 Å². The third-order valence-electron chi connectivity index (χ3n) is 3.08. The Morgan fingerprint density at radius 2 is 1.58 bits per heavy atom. The molecular weight excluding hydrogens is 184 g/mol. The van der Waals surface area contributed by atoms with E-state index in [2.05, 4.69) is 45.1 Å². The van der Waals surface area contributed by atoms with Crippen molar-refractivity contribution in [2.45, 2.75) is 37.9 Å². The van der Waals surface area contributed by atoms with Crippen molar-refractivity contribution in [1.29, 1.82) is 0 Å². The first-order valence-electron chi connectivity index (χ1n) is 4.64. The van der Waals surface area contributed by atoms with Crippen LogP contribution in [0.3, 0.4) is 0 Å². The minimum atomic E-state index is -1.59. The van der Waals surface area contributed by atoms with Gasteiger partial charge in [0.15, 0.2) is 7.38 Å². The largest absolute Gasteiger partial charge is 0.169 e. The molecule has 0 N–H and O–H groups in total. The molecular formula is C10H17ClSi. The van der Waals surface area contributed by atoms with Crippen LogP contribution in [0.25, 0.3) is 0 Å². The molecule has 0 radical (unpaired) electrons. The van der Waals surface area contributed by atoms with Gasteiger partial charge in [-0.3, -0.25) is 0 Å². The van der Waals surface area contributed by atoms with Gasteiger partial charge in [0.05, 0.1) is 0 Å². The predicted molar refractivity (Wildman–Crippen MR) is 59.2 cm³/mol. The van der Waals surface area contributed by atoms with Gasteiger partial charge in [0.2, 0.25) is 0 Å². The van der Waals surface area contributed by atoms with E-state index in [1.165, 1.54) is 0 Å². The van der Waals surface area contributed by atoms with Crippen LogP contribution in [0.4, 0.5) is 0 Å². The highest BCUT2D eigenvalue weighted by Gasteiger charge is 2.44. The van der Waals surface area contributed by atoms with Crippen LogP contribution in [0.1, 0.15) is 20.8 Å². The zero-order valence-corrected chi connectivity index (χ0v) is 9.86. The Balaban J connectivity index is 2.92. The first kappa shape index (κ1) is 10.1. The third-order valence-corrected chi connectivity index (χ3v) is 10.4. The molecule has 0 nitrogen and oxygen atoms in total. The second-order valence-corrected chi connectivity index (χ2v) is 10.3. The standard InChI is InChI=1S/C10H17ClSi/c1-4-12(11,5-2)10(3)8-6-7-9-10/h6-9H,4-5H2,1-3H3. The normalized spacial score (nSPS) is 20.3. The van der Waals surface area contributed by atoms with Crippen molar-refractivity contribution in [3.63, 3.8) is 0 Å². The quantitative estimate of drug-likeness (QED) is 0.476. The summed E-state index contributed by atoms with van der Waals surface area (Å²) in [5, 5.41) is 0.193. The highest BCUT2D eigenvalue weighted by atomic mass is 35.6. The van der Waals surface area contributed by atoms with E-state index in [1.807, 2.05) is 0 Å². The van der Waals surface area contributed by atoms with Crippen molar-refractivity contribution < 1.29 is 0 Å². The predicted octanol–water partition coefficient (Wildman–Crippen LogP) is 4.10. The van der Waals surface area contributed by atoms with E-state index in [4.69, 9.17) is 11.1 Å². The van der Waals surface area contributed by atoms with Gasteiger partial charge in [-0.2, -0.15) is 11.1 Å². The summed E-state index contributed by atoms with van der Waals surface area (Å²) in [5.74, 6) is 0. The first-order valence-corrected chi connectivity index (χ1v) is 8.06. The van der Waals surface area contributed by atoms with Crippen molar-refractivity contribution in [3.05, 3.63) is 24.3 Å². The molecule has 0 atom stereocenters. The third kappa shape index (κ3) is 1.40. The van der Waals surface area contributed by atoms with Gasteiger partial charge in [-0.25, -0.2) is 0 Å². The van der Waals surface area contributed by atoms with E-state index in [0.29, 0.717) is 0 Å². The molecule has 0 bridgehead atoms. The molecule has 0 aliphatic heterocycles. The number of allylic oxidation sites excluding steroid dienone is 4. The van der Waals surface area contributed by atoms with Gasteiger partial charge in [-0.1, -0.05) is 45.1 Å². The van der Waals surface area contributed by atoms with Crippen molar-refractivity contribution in [1.82, 2.24) is 0 Å². The van der Waals surface area contributed by atoms with Crippen molar-refractivity contribution >= 4 is 18.5 Å². The van der Waals surface area contributed by atoms with Gasteiger partial charge in [0.25, 0.3) is 0 Å². The molecule has 0 saturated carbocycles. The highest BCUT2D eigenvalue weighted by molar-refractivity contribution is 7.22. The van der Waals surface area contributed by atoms with Gasteiger partial charge < -0.3 is 0 Å². The van der Waals surface area contributed by atoms with Crippen LogP contribution in [-0.4, -0.2) is 7.38 Å². The van der Waals surface area contributed by atoms with E-state index < -0.39 is 7.38 Å². The Hall–Kier alpha value is -0.0131. The zero-order chi connectivity index (χ0) is 9.24. The van der Waals surface area contributed by atoms with Crippen LogP contribution in [0.2, 0.25) is 17.1 Å². The fourth-order valence-electron chi connectivity index (χ4n) is 1.88. The molecule has 0 aromatic rings. The minimum absolute atomic E-state index is 0.193. The molecule has 0 spiro atoms. The molecule has 0 aromatic carbocycles. The highest BCUT2D eigenvalue weighted by Crippen LogP contribution is 2.49. The fourth-order valence-corrected chi connectivity index (χ4v) is 5.07. The Kier molecular flexibility index (Phi) is 2.84. The van der Waals surface area contributed by atoms with Crippen molar-refractivity contribution in [3.8, 4) is 0 Å². The van der Waals surface area contributed by atoms with Gasteiger partial charge >= 0.3 is 0 Å². The molecule has 2 heteroatoms. The monoisotopic (exact) mass is 200 g/mol. The van der Waals surface area contributed by atoms with Crippen LogP contribution in [-0.2, 0) is 0 Å². The summed E-state index contributed by atoms with van der Waals surface area (Å²) in [5.41, 5.74) is 0. The number of hydrogen-bond donors (Lipinski definition) is 0. The minimum Gasteiger partial charge on any atom is -0.166 e. The van der Waals surface area contributed by atoms with E-state index in [0.717, 1.165) is 12.1 Å². The van der Waals surface area contributed by atoms with Gasteiger partial charge in [-0.15, -0.1) is 0 Å². The van der Waals surface area contributed by atoms with Crippen LogP contribution < -0.4 is 0 Å². The molecule has 12 heavy (non-hydrogen) atoms. The van der Waals surface area contributed by atoms with Crippen LogP contribution >= 0.6 is 11.1 Å². The molecule has 0 saturated heterocycles. The average Bonchev–Trinajstić information content (AvgIpc) is 2.52. The van der Waals surface area contributed by atoms with E-state index >= 15 is 0 Å². The van der Waals surface area contributed by atoms with Gasteiger partial charge in [-0.05, 0) is 12.1 Å². The number of hydrogen-bond acceptors (Lipinski definition) is 0. The Morgan fingerprint density at radius 3 is 1.92 bits per heavy atom. The summed E-state index contributed by atoms with van der Waals surface area (Å²) in [6.07, 6.45) is 8.77. The summed E-state index contributed by atoms with van der Waals surface area (Å²) < 4.78 is 0.